The van der Waals surface area contributed by atoms with E-state index in [0.717, 1.165) is 22.6 Å². The summed E-state index contributed by atoms with van der Waals surface area (Å²) in [5.74, 6) is 1.19. The number of hydrogen-bond acceptors (Lipinski definition) is 9. The van der Waals surface area contributed by atoms with Crippen LogP contribution in [-0.4, -0.2) is 63.8 Å². The summed E-state index contributed by atoms with van der Waals surface area (Å²) >= 11 is 0. The number of nitrogens with one attached hydrogen (secondary N) is 1. The SMILES string of the molecule is Cc1c(N2Cc3ccccc3C2COc2cncc(C(=O)N3CCN(c4ccc(C#N)cn4)CC3)c2)cn[nH]c1=O. The molecule has 1 saturated heterocycles. The number of aromatic amines is 1. The maximum absolute atomic E-state index is 13.3. The highest BCUT2D eigenvalue weighted by Gasteiger charge is 2.32. The third kappa shape index (κ3) is 5.19. The second kappa shape index (κ2) is 11.1. The van der Waals surface area contributed by atoms with Crippen LogP contribution in [0.5, 0.6) is 5.75 Å². The van der Waals surface area contributed by atoms with Crippen molar-refractivity contribution in [2.45, 2.75) is 19.5 Å². The summed E-state index contributed by atoms with van der Waals surface area (Å²) in [6, 6.07) is 15.4. The molecule has 1 atom stereocenters. The van der Waals surface area contributed by atoms with Gasteiger partial charge in [-0.05, 0) is 36.2 Å². The van der Waals surface area contributed by atoms with E-state index in [1.807, 2.05) is 18.2 Å². The average Bonchev–Trinajstić information content (AvgIpc) is 3.39. The molecular formula is C30H28N8O3. The van der Waals surface area contributed by atoms with Gasteiger partial charge in [0.05, 0.1) is 35.2 Å². The van der Waals surface area contributed by atoms with Crippen molar-refractivity contribution in [1.82, 2.24) is 25.1 Å². The highest BCUT2D eigenvalue weighted by atomic mass is 16.5. The van der Waals surface area contributed by atoms with E-state index >= 15 is 0 Å². The molecule has 6 rings (SSSR count). The highest BCUT2D eigenvalue weighted by Crippen LogP contribution is 2.38. The number of piperazine rings is 1. The molecule has 206 valence electrons. The van der Waals surface area contributed by atoms with Gasteiger partial charge in [-0.15, -0.1) is 0 Å². The summed E-state index contributed by atoms with van der Waals surface area (Å²) in [6.45, 7) is 5.10. The Balaban J connectivity index is 1.13. The van der Waals surface area contributed by atoms with Gasteiger partial charge in [0.2, 0.25) is 0 Å². The van der Waals surface area contributed by atoms with Crippen molar-refractivity contribution in [3.05, 3.63) is 105 Å². The quantitative estimate of drug-likeness (QED) is 0.386. The van der Waals surface area contributed by atoms with Crippen LogP contribution in [0.4, 0.5) is 11.5 Å². The number of hydrogen-bond donors (Lipinski definition) is 1. The Morgan fingerprint density at radius 1 is 1.10 bits per heavy atom. The molecule has 41 heavy (non-hydrogen) atoms. The predicted octanol–water partition coefficient (Wildman–Crippen LogP) is 2.84. The Morgan fingerprint density at radius 3 is 2.71 bits per heavy atom. The van der Waals surface area contributed by atoms with E-state index in [2.05, 4.69) is 48.2 Å². The molecule has 4 aromatic rings. The molecule has 0 aliphatic carbocycles. The topological polar surface area (TPSA) is 131 Å². The van der Waals surface area contributed by atoms with Crippen LogP contribution >= 0.6 is 0 Å². The summed E-state index contributed by atoms with van der Waals surface area (Å²) in [6.07, 6.45) is 6.40. The zero-order valence-electron chi connectivity index (χ0n) is 22.5. The van der Waals surface area contributed by atoms with Crippen LogP contribution < -0.4 is 20.1 Å². The monoisotopic (exact) mass is 548 g/mol. The van der Waals surface area contributed by atoms with Gasteiger partial charge in [0, 0.05) is 50.7 Å². The number of carbonyl (C=O) groups excluding carboxylic acids is 1. The van der Waals surface area contributed by atoms with Crippen molar-refractivity contribution in [2.75, 3.05) is 42.6 Å². The number of H-pyrrole nitrogens is 1. The number of nitriles is 1. The Bertz CT molecular complexity index is 1670. The summed E-state index contributed by atoms with van der Waals surface area (Å²) in [5, 5.41) is 15.5. The Labute approximate surface area is 236 Å². The molecule has 1 amide bonds. The van der Waals surface area contributed by atoms with E-state index in [1.165, 1.54) is 0 Å². The van der Waals surface area contributed by atoms with E-state index in [0.29, 0.717) is 61.8 Å². The summed E-state index contributed by atoms with van der Waals surface area (Å²) in [5.41, 5.74) is 4.41. The molecule has 1 unspecified atom stereocenters. The van der Waals surface area contributed by atoms with Crippen molar-refractivity contribution < 1.29 is 9.53 Å². The Morgan fingerprint density at radius 2 is 1.93 bits per heavy atom. The minimum Gasteiger partial charge on any atom is -0.489 e. The highest BCUT2D eigenvalue weighted by molar-refractivity contribution is 5.94. The lowest BCUT2D eigenvalue weighted by atomic mass is 10.1. The molecule has 5 heterocycles. The summed E-state index contributed by atoms with van der Waals surface area (Å²) in [4.78, 5) is 40.3. The van der Waals surface area contributed by atoms with Gasteiger partial charge >= 0.3 is 0 Å². The Kier molecular flexibility index (Phi) is 7.04. The first kappa shape index (κ1) is 26.0. The minimum atomic E-state index is -0.220. The maximum Gasteiger partial charge on any atom is 0.269 e. The number of benzene rings is 1. The molecule has 0 spiro atoms. The number of nitrogens with zero attached hydrogens (tertiary/aromatic N) is 7. The minimum absolute atomic E-state index is 0.103. The van der Waals surface area contributed by atoms with Crippen LogP contribution in [0.3, 0.4) is 0 Å². The van der Waals surface area contributed by atoms with Gasteiger partial charge in [0.1, 0.15) is 24.2 Å². The lowest BCUT2D eigenvalue weighted by Crippen LogP contribution is -2.49. The third-order valence-electron chi connectivity index (χ3n) is 7.65. The van der Waals surface area contributed by atoms with Gasteiger partial charge in [-0.2, -0.15) is 10.4 Å². The van der Waals surface area contributed by atoms with Crippen molar-refractivity contribution in [1.29, 1.82) is 5.26 Å². The fraction of sp³-hybridized carbons (Fsp3) is 0.267. The maximum atomic E-state index is 13.3. The van der Waals surface area contributed by atoms with Crippen molar-refractivity contribution >= 4 is 17.4 Å². The molecule has 1 N–H and O–H groups in total. The lowest BCUT2D eigenvalue weighted by molar-refractivity contribution is 0.0745. The smallest absolute Gasteiger partial charge is 0.269 e. The number of amides is 1. The lowest BCUT2D eigenvalue weighted by Gasteiger charge is -2.35. The molecule has 0 saturated carbocycles. The fourth-order valence-electron chi connectivity index (χ4n) is 5.39. The molecular weight excluding hydrogens is 520 g/mol. The van der Waals surface area contributed by atoms with Gasteiger partial charge in [-0.3, -0.25) is 14.6 Å². The standard InChI is InChI=1S/C30H28N8O3/c1-20-26(17-34-35-29(20)39)38-18-22-4-2-3-5-25(22)27(38)19-41-24-12-23(15-32-16-24)30(40)37-10-8-36(9-11-37)28-7-6-21(13-31)14-33-28/h2-7,12,14-17,27H,8-11,18-19H2,1H3,(H,35,39). The van der Waals surface area contributed by atoms with E-state index < -0.39 is 0 Å². The molecule has 2 aliphatic heterocycles. The zero-order valence-corrected chi connectivity index (χ0v) is 22.5. The first-order valence-corrected chi connectivity index (χ1v) is 13.4. The third-order valence-corrected chi connectivity index (χ3v) is 7.65. The fourth-order valence-corrected chi connectivity index (χ4v) is 5.39. The van der Waals surface area contributed by atoms with Crippen LogP contribution in [-0.2, 0) is 6.54 Å². The Hall–Kier alpha value is -5.24. The van der Waals surface area contributed by atoms with Crippen LogP contribution in [0.15, 0.2) is 72.0 Å². The largest absolute Gasteiger partial charge is 0.489 e. The first-order valence-electron chi connectivity index (χ1n) is 13.4. The number of pyridine rings is 2. The van der Waals surface area contributed by atoms with Gasteiger partial charge in [0.25, 0.3) is 11.5 Å². The summed E-state index contributed by atoms with van der Waals surface area (Å²) in [7, 11) is 0. The van der Waals surface area contributed by atoms with E-state index in [1.54, 1.807) is 48.7 Å². The molecule has 11 heteroatoms. The van der Waals surface area contributed by atoms with Gasteiger partial charge in [-0.25, -0.2) is 10.1 Å². The van der Waals surface area contributed by atoms with Gasteiger partial charge in [-0.1, -0.05) is 24.3 Å². The van der Waals surface area contributed by atoms with Gasteiger partial charge < -0.3 is 19.4 Å². The number of ether oxygens (including phenoxy) is 1. The van der Waals surface area contributed by atoms with E-state index in [-0.39, 0.29) is 17.5 Å². The zero-order chi connectivity index (χ0) is 28.3. The van der Waals surface area contributed by atoms with Gasteiger partial charge in [0.15, 0.2) is 0 Å². The first-order chi connectivity index (χ1) is 20.0. The number of rotatable bonds is 6. The van der Waals surface area contributed by atoms with Crippen molar-refractivity contribution in [3.8, 4) is 11.8 Å². The second-order valence-corrected chi connectivity index (χ2v) is 10.1. The molecule has 11 nitrogen and oxygen atoms in total. The number of carbonyl (C=O) groups is 1. The molecule has 3 aromatic heterocycles. The molecule has 1 fully saturated rings. The second-order valence-electron chi connectivity index (χ2n) is 10.1. The van der Waals surface area contributed by atoms with Crippen LogP contribution in [0, 0.1) is 18.3 Å². The normalized spacial score (nSPS) is 16.3. The van der Waals surface area contributed by atoms with E-state index in [4.69, 9.17) is 10.00 Å². The van der Waals surface area contributed by atoms with Crippen LogP contribution in [0.25, 0.3) is 0 Å². The molecule has 0 bridgehead atoms. The van der Waals surface area contributed by atoms with E-state index in [9.17, 15) is 9.59 Å². The molecule has 1 aromatic carbocycles. The molecule has 0 radical (unpaired) electrons. The summed E-state index contributed by atoms with van der Waals surface area (Å²) < 4.78 is 6.22. The number of anilines is 2. The number of aromatic nitrogens is 4. The van der Waals surface area contributed by atoms with Crippen molar-refractivity contribution in [3.63, 3.8) is 0 Å². The van der Waals surface area contributed by atoms with Crippen LogP contribution in [0.2, 0.25) is 0 Å². The van der Waals surface area contributed by atoms with Crippen molar-refractivity contribution in [2.24, 2.45) is 0 Å². The number of fused-ring (bicyclic) bond motifs is 1. The van der Waals surface area contributed by atoms with Crippen LogP contribution in [0.1, 0.15) is 38.7 Å². The molecule has 2 aliphatic rings. The predicted molar refractivity (Wildman–Crippen MR) is 152 cm³/mol. The average molecular weight is 549 g/mol.